The summed E-state index contributed by atoms with van der Waals surface area (Å²) in [6.45, 7) is 5.13. The van der Waals surface area contributed by atoms with Crippen molar-refractivity contribution in [3.05, 3.63) is 5.82 Å². The van der Waals surface area contributed by atoms with Gasteiger partial charge < -0.3 is 4.74 Å². The van der Waals surface area contributed by atoms with Gasteiger partial charge in [-0.1, -0.05) is 20.3 Å². The maximum absolute atomic E-state index is 11.6. The molecule has 20 heavy (non-hydrogen) atoms. The Kier molecular flexibility index (Phi) is 4.17. The van der Waals surface area contributed by atoms with Crippen molar-refractivity contribution in [2.75, 3.05) is 13.7 Å². The molecular weight excluding hydrogens is 280 g/mol. The molecule has 0 amide bonds. The fourth-order valence-electron chi connectivity index (χ4n) is 2.97. The molecule has 0 aliphatic heterocycles. The van der Waals surface area contributed by atoms with Gasteiger partial charge in [-0.05, 0) is 18.3 Å². The van der Waals surface area contributed by atoms with E-state index in [1.807, 2.05) is 0 Å². The third kappa shape index (κ3) is 2.87. The molecule has 0 radical (unpaired) electrons. The third-order valence-corrected chi connectivity index (χ3v) is 4.90. The number of methoxy groups -OCH3 is 1. The lowest BCUT2D eigenvalue weighted by molar-refractivity contribution is 0.181. The Bertz CT molecular complexity index is 580. The first kappa shape index (κ1) is 15.4. The molecule has 0 bridgehead atoms. The second-order valence-electron chi connectivity index (χ2n) is 5.96. The van der Waals surface area contributed by atoms with Gasteiger partial charge in [0.1, 0.15) is 5.82 Å². The van der Waals surface area contributed by atoms with Crippen molar-refractivity contribution >= 4 is 10.0 Å². The number of sulfonamides is 1. The molecule has 7 nitrogen and oxygen atoms in total. The van der Waals surface area contributed by atoms with Crippen LogP contribution in [0, 0.1) is 5.41 Å². The molecule has 1 unspecified atom stereocenters. The maximum Gasteiger partial charge on any atom is 0.273 e. The molecule has 0 aromatic carbocycles. The van der Waals surface area contributed by atoms with Crippen LogP contribution in [0.5, 0.6) is 0 Å². The summed E-state index contributed by atoms with van der Waals surface area (Å²) in [4.78, 5) is 0. The van der Waals surface area contributed by atoms with Crippen LogP contribution in [0.1, 0.15) is 44.9 Å². The van der Waals surface area contributed by atoms with Crippen molar-refractivity contribution in [3.63, 3.8) is 0 Å². The molecule has 2 N–H and O–H groups in total. The summed E-state index contributed by atoms with van der Waals surface area (Å²) in [6.07, 6.45) is 3.20. The molecule has 1 aliphatic rings. The minimum absolute atomic E-state index is 0.0908. The number of aromatic nitrogens is 3. The summed E-state index contributed by atoms with van der Waals surface area (Å²) in [5, 5.41) is 12.9. The zero-order valence-electron chi connectivity index (χ0n) is 12.2. The van der Waals surface area contributed by atoms with Crippen LogP contribution in [0.2, 0.25) is 0 Å². The van der Waals surface area contributed by atoms with Crippen LogP contribution in [0.15, 0.2) is 5.16 Å². The van der Waals surface area contributed by atoms with Crippen molar-refractivity contribution in [2.24, 2.45) is 10.6 Å². The van der Waals surface area contributed by atoms with Gasteiger partial charge in [0.05, 0.1) is 6.61 Å². The molecule has 1 fully saturated rings. The molecule has 1 aliphatic carbocycles. The van der Waals surface area contributed by atoms with E-state index in [-0.39, 0.29) is 16.5 Å². The lowest BCUT2D eigenvalue weighted by atomic mass is 9.81. The highest BCUT2D eigenvalue weighted by molar-refractivity contribution is 7.89. The molecule has 1 aromatic heterocycles. The Morgan fingerprint density at radius 1 is 1.45 bits per heavy atom. The first-order chi connectivity index (χ1) is 9.27. The second kappa shape index (κ2) is 5.42. The molecule has 0 saturated heterocycles. The fraction of sp³-hybridized carbons (Fsp3) is 0.833. The highest BCUT2D eigenvalue weighted by Gasteiger charge is 2.39. The second-order valence-corrected chi connectivity index (χ2v) is 7.42. The number of primary sulfonamides is 1. The van der Waals surface area contributed by atoms with E-state index < -0.39 is 10.0 Å². The van der Waals surface area contributed by atoms with Gasteiger partial charge in [-0.25, -0.2) is 13.6 Å². The smallest absolute Gasteiger partial charge is 0.273 e. The van der Waals surface area contributed by atoms with Gasteiger partial charge in [-0.3, -0.25) is 4.57 Å². The number of hydrogen-bond donors (Lipinski definition) is 1. The van der Waals surface area contributed by atoms with Crippen molar-refractivity contribution in [3.8, 4) is 0 Å². The monoisotopic (exact) mass is 302 g/mol. The average molecular weight is 302 g/mol. The highest BCUT2D eigenvalue weighted by atomic mass is 32.2. The van der Waals surface area contributed by atoms with E-state index in [1.54, 1.807) is 11.7 Å². The van der Waals surface area contributed by atoms with Gasteiger partial charge in [0.2, 0.25) is 0 Å². The van der Waals surface area contributed by atoms with Gasteiger partial charge in [0, 0.05) is 19.6 Å². The van der Waals surface area contributed by atoms with Crippen LogP contribution in [-0.2, 0) is 21.3 Å². The van der Waals surface area contributed by atoms with E-state index in [4.69, 9.17) is 9.88 Å². The maximum atomic E-state index is 11.6. The molecule has 1 heterocycles. The lowest BCUT2D eigenvalue weighted by Gasteiger charge is -2.26. The Hall–Kier alpha value is -0.990. The SMILES string of the molecule is COCCn1c(C2CCCC2(C)C)nnc1S(N)(=O)=O. The summed E-state index contributed by atoms with van der Waals surface area (Å²) < 4.78 is 29.9. The van der Waals surface area contributed by atoms with Crippen LogP contribution in [0.4, 0.5) is 0 Å². The number of nitrogens with zero attached hydrogens (tertiary/aromatic N) is 3. The summed E-state index contributed by atoms with van der Waals surface area (Å²) in [5.74, 6) is 0.899. The van der Waals surface area contributed by atoms with Crippen LogP contribution in [0.25, 0.3) is 0 Å². The zero-order chi connectivity index (χ0) is 15.0. The molecule has 1 saturated carbocycles. The zero-order valence-corrected chi connectivity index (χ0v) is 13.0. The van der Waals surface area contributed by atoms with Crippen LogP contribution >= 0.6 is 0 Å². The minimum atomic E-state index is -3.88. The molecule has 114 valence electrons. The first-order valence-corrected chi connectivity index (χ1v) is 8.27. The molecular formula is C12H22N4O3S. The van der Waals surface area contributed by atoms with Crippen molar-refractivity contribution in [1.82, 2.24) is 14.8 Å². The van der Waals surface area contributed by atoms with E-state index in [1.165, 1.54) is 0 Å². The lowest BCUT2D eigenvalue weighted by Crippen LogP contribution is -2.24. The first-order valence-electron chi connectivity index (χ1n) is 6.72. The Morgan fingerprint density at radius 2 is 2.15 bits per heavy atom. The van der Waals surface area contributed by atoms with Gasteiger partial charge in [-0.2, -0.15) is 0 Å². The number of nitrogens with two attached hydrogens (primary N) is 1. The molecule has 1 aromatic rings. The Labute approximate surface area is 119 Å². The van der Waals surface area contributed by atoms with E-state index in [0.717, 1.165) is 19.3 Å². The fourth-order valence-corrected chi connectivity index (χ4v) is 3.61. The molecule has 8 heteroatoms. The standard InChI is InChI=1S/C12H22N4O3S/c1-12(2)6-4-5-9(12)10-14-15-11(20(13,17)18)16(10)7-8-19-3/h9H,4-8H2,1-3H3,(H2,13,17,18). The Balaban J connectivity index is 2.45. The molecule has 1 atom stereocenters. The van der Waals surface area contributed by atoms with Crippen molar-refractivity contribution in [2.45, 2.75) is 50.7 Å². The number of ether oxygens (including phenoxy) is 1. The summed E-state index contributed by atoms with van der Waals surface area (Å²) in [5.41, 5.74) is 0.0908. The molecule has 0 spiro atoms. The quantitative estimate of drug-likeness (QED) is 0.869. The Morgan fingerprint density at radius 3 is 2.65 bits per heavy atom. The van der Waals surface area contributed by atoms with Gasteiger partial charge >= 0.3 is 0 Å². The average Bonchev–Trinajstić information content (AvgIpc) is 2.88. The topological polar surface area (TPSA) is 100 Å². The van der Waals surface area contributed by atoms with Gasteiger partial charge in [-0.15, -0.1) is 10.2 Å². The normalized spacial score (nSPS) is 22.3. The summed E-state index contributed by atoms with van der Waals surface area (Å²) >= 11 is 0. The van der Waals surface area contributed by atoms with Gasteiger partial charge in [0.25, 0.3) is 15.2 Å². The summed E-state index contributed by atoms with van der Waals surface area (Å²) in [6, 6.07) is 0. The number of rotatable bonds is 5. The van der Waals surface area contributed by atoms with E-state index in [0.29, 0.717) is 19.0 Å². The van der Waals surface area contributed by atoms with Crippen LogP contribution in [-0.4, -0.2) is 36.9 Å². The van der Waals surface area contributed by atoms with Crippen LogP contribution < -0.4 is 5.14 Å². The van der Waals surface area contributed by atoms with Crippen molar-refractivity contribution in [1.29, 1.82) is 0 Å². The number of hydrogen-bond acceptors (Lipinski definition) is 5. The van der Waals surface area contributed by atoms with Crippen molar-refractivity contribution < 1.29 is 13.2 Å². The van der Waals surface area contributed by atoms with Gasteiger partial charge in [0.15, 0.2) is 0 Å². The minimum Gasteiger partial charge on any atom is -0.383 e. The van der Waals surface area contributed by atoms with E-state index in [9.17, 15) is 8.42 Å². The highest BCUT2D eigenvalue weighted by Crippen LogP contribution is 2.48. The summed E-state index contributed by atoms with van der Waals surface area (Å²) in [7, 11) is -2.31. The molecule has 2 rings (SSSR count). The predicted octanol–water partition coefficient (Wildman–Crippen LogP) is 0.866. The largest absolute Gasteiger partial charge is 0.383 e. The van der Waals surface area contributed by atoms with E-state index in [2.05, 4.69) is 24.0 Å². The third-order valence-electron chi connectivity index (χ3n) is 4.09. The van der Waals surface area contributed by atoms with Crippen LogP contribution in [0.3, 0.4) is 0 Å². The van der Waals surface area contributed by atoms with E-state index >= 15 is 0 Å². The predicted molar refractivity (Wildman–Crippen MR) is 73.6 cm³/mol.